The Morgan fingerprint density at radius 3 is 2.18 bits per heavy atom. The van der Waals surface area contributed by atoms with Crippen LogP contribution in [0.2, 0.25) is 0 Å². The summed E-state index contributed by atoms with van der Waals surface area (Å²) < 4.78 is 26.7. The molecule has 0 atom stereocenters. The number of rotatable bonds is 3. The lowest BCUT2D eigenvalue weighted by atomic mass is 10.1. The minimum Gasteiger partial charge on any atom is -0.508 e. The van der Waals surface area contributed by atoms with E-state index in [1.54, 1.807) is 30.3 Å². The fourth-order valence-electron chi connectivity index (χ4n) is 2.29. The van der Waals surface area contributed by atoms with Gasteiger partial charge in [-0.1, -0.05) is 30.3 Å². The number of phenols is 1. The Morgan fingerprint density at radius 2 is 1.50 bits per heavy atom. The van der Waals surface area contributed by atoms with Crippen molar-refractivity contribution in [3.8, 4) is 5.75 Å². The maximum absolute atomic E-state index is 12.7. The number of nitrogens with zero attached hydrogens (tertiary/aromatic N) is 1. The van der Waals surface area contributed by atoms with Gasteiger partial charge in [-0.2, -0.15) is 0 Å². The van der Waals surface area contributed by atoms with E-state index in [0.29, 0.717) is 5.69 Å². The molecule has 112 valence electrons. The SMILES string of the molecule is CN(c1ccc(O)cc1)S(=O)(=O)c1ccc2ccccc2c1. The predicted octanol–water partition coefficient (Wildman–Crippen LogP) is 3.37. The monoisotopic (exact) mass is 313 g/mol. The molecule has 4 nitrogen and oxygen atoms in total. The molecule has 0 heterocycles. The van der Waals surface area contributed by atoms with E-state index in [4.69, 9.17) is 0 Å². The summed E-state index contributed by atoms with van der Waals surface area (Å²) in [6.07, 6.45) is 0. The highest BCUT2D eigenvalue weighted by Gasteiger charge is 2.21. The number of hydrogen-bond donors (Lipinski definition) is 1. The van der Waals surface area contributed by atoms with E-state index in [0.717, 1.165) is 10.8 Å². The maximum Gasteiger partial charge on any atom is 0.264 e. The molecule has 0 aliphatic carbocycles. The average molecular weight is 313 g/mol. The van der Waals surface area contributed by atoms with Crippen LogP contribution in [-0.2, 0) is 10.0 Å². The van der Waals surface area contributed by atoms with Gasteiger partial charge in [0.05, 0.1) is 10.6 Å². The van der Waals surface area contributed by atoms with Crippen LogP contribution in [0.4, 0.5) is 5.69 Å². The molecule has 0 fully saturated rings. The van der Waals surface area contributed by atoms with Crippen molar-refractivity contribution < 1.29 is 13.5 Å². The third kappa shape index (κ3) is 2.51. The van der Waals surface area contributed by atoms with Crippen LogP contribution in [-0.4, -0.2) is 20.6 Å². The highest BCUT2D eigenvalue weighted by atomic mass is 32.2. The summed E-state index contributed by atoms with van der Waals surface area (Å²) in [5.41, 5.74) is 0.492. The van der Waals surface area contributed by atoms with E-state index in [1.165, 1.54) is 23.5 Å². The first kappa shape index (κ1) is 14.4. The van der Waals surface area contributed by atoms with Gasteiger partial charge in [0.1, 0.15) is 5.75 Å². The van der Waals surface area contributed by atoms with E-state index >= 15 is 0 Å². The summed E-state index contributed by atoms with van der Waals surface area (Å²) in [6.45, 7) is 0. The molecule has 0 aliphatic rings. The summed E-state index contributed by atoms with van der Waals surface area (Å²) >= 11 is 0. The van der Waals surface area contributed by atoms with Gasteiger partial charge in [0.2, 0.25) is 0 Å². The molecule has 22 heavy (non-hydrogen) atoms. The van der Waals surface area contributed by atoms with Gasteiger partial charge < -0.3 is 5.11 Å². The van der Waals surface area contributed by atoms with E-state index < -0.39 is 10.0 Å². The molecule has 3 aromatic carbocycles. The lowest BCUT2D eigenvalue weighted by molar-refractivity contribution is 0.475. The molecule has 5 heteroatoms. The van der Waals surface area contributed by atoms with Gasteiger partial charge in [-0.25, -0.2) is 8.42 Å². The first-order valence-corrected chi connectivity index (χ1v) is 8.19. The van der Waals surface area contributed by atoms with Crippen molar-refractivity contribution in [2.24, 2.45) is 0 Å². The normalized spacial score (nSPS) is 11.5. The first-order chi connectivity index (χ1) is 10.5. The highest BCUT2D eigenvalue weighted by Crippen LogP contribution is 2.26. The summed E-state index contributed by atoms with van der Waals surface area (Å²) in [5, 5.41) is 11.2. The molecule has 0 bridgehead atoms. The van der Waals surface area contributed by atoms with Crippen molar-refractivity contribution in [2.75, 3.05) is 11.4 Å². The van der Waals surface area contributed by atoms with Gasteiger partial charge in [0, 0.05) is 7.05 Å². The summed E-state index contributed by atoms with van der Waals surface area (Å²) in [5.74, 6) is 0.0975. The first-order valence-electron chi connectivity index (χ1n) is 6.75. The van der Waals surface area contributed by atoms with E-state index in [2.05, 4.69) is 0 Å². The van der Waals surface area contributed by atoms with Crippen LogP contribution in [0, 0.1) is 0 Å². The number of anilines is 1. The molecular weight excluding hydrogens is 298 g/mol. The lowest BCUT2D eigenvalue weighted by Crippen LogP contribution is -2.26. The Hall–Kier alpha value is -2.53. The van der Waals surface area contributed by atoms with Crippen molar-refractivity contribution in [1.29, 1.82) is 0 Å². The molecular formula is C17H15NO3S. The molecule has 0 unspecified atom stereocenters. The second-order valence-corrected chi connectivity index (χ2v) is 6.97. The molecule has 3 aromatic rings. The largest absolute Gasteiger partial charge is 0.508 e. The lowest BCUT2D eigenvalue weighted by Gasteiger charge is -2.19. The van der Waals surface area contributed by atoms with Crippen LogP contribution in [0.5, 0.6) is 5.75 Å². The van der Waals surface area contributed by atoms with Crippen LogP contribution in [0.25, 0.3) is 10.8 Å². The standard InChI is InChI=1S/C17H15NO3S/c1-18(15-7-9-16(19)10-8-15)22(20,21)17-11-6-13-4-2-3-5-14(13)12-17/h2-12,19H,1H3. The molecule has 0 aliphatic heterocycles. The third-order valence-corrected chi connectivity index (χ3v) is 5.37. The van der Waals surface area contributed by atoms with Gasteiger partial charge in [-0.05, 0) is 47.2 Å². The smallest absolute Gasteiger partial charge is 0.264 e. The van der Waals surface area contributed by atoms with E-state index in [9.17, 15) is 13.5 Å². The number of hydrogen-bond acceptors (Lipinski definition) is 3. The number of benzene rings is 3. The maximum atomic E-state index is 12.7. The van der Waals surface area contributed by atoms with Gasteiger partial charge in [0.25, 0.3) is 10.0 Å². The number of fused-ring (bicyclic) bond motifs is 1. The fourth-order valence-corrected chi connectivity index (χ4v) is 3.52. The minimum absolute atomic E-state index is 0.0975. The van der Waals surface area contributed by atoms with Gasteiger partial charge in [0.15, 0.2) is 0 Å². The van der Waals surface area contributed by atoms with Gasteiger partial charge in [-0.3, -0.25) is 4.31 Å². The molecule has 0 saturated heterocycles. The summed E-state index contributed by atoms with van der Waals surface area (Å²) in [4.78, 5) is 0.238. The Bertz CT molecular complexity index is 918. The zero-order valence-electron chi connectivity index (χ0n) is 12.0. The second kappa shape index (κ2) is 5.35. The van der Waals surface area contributed by atoms with Crippen molar-refractivity contribution in [1.82, 2.24) is 0 Å². The Morgan fingerprint density at radius 1 is 0.864 bits per heavy atom. The summed E-state index contributed by atoms with van der Waals surface area (Å²) in [6, 6.07) is 18.7. The van der Waals surface area contributed by atoms with Crippen molar-refractivity contribution in [3.63, 3.8) is 0 Å². The van der Waals surface area contributed by atoms with Crippen molar-refractivity contribution in [2.45, 2.75) is 4.90 Å². The van der Waals surface area contributed by atoms with Crippen LogP contribution in [0.15, 0.2) is 71.6 Å². The van der Waals surface area contributed by atoms with Gasteiger partial charge in [-0.15, -0.1) is 0 Å². The van der Waals surface area contributed by atoms with E-state index in [1.807, 2.05) is 24.3 Å². The Kier molecular flexibility index (Phi) is 3.50. The minimum atomic E-state index is -3.64. The highest BCUT2D eigenvalue weighted by molar-refractivity contribution is 7.92. The molecule has 0 spiro atoms. The molecule has 0 amide bonds. The van der Waals surface area contributed by atoms with E-state index in [-0.39, 0.29) is 10.6 Å². The second-order valence-electron chi connectivity index (χ2n) is 5.00. The number of aromatic hydroxyl groups is 1. The zero-order valence-corrected chi connectivity index (χ0v) is 12.8. The molecule has 1 N–H and O–H groups in total. The molecule has 3 rings (SSSR count). The number of sulfonamides is 1. The Balaban J connectivity index is 2.05. The third-order valence-electron chi connectivity index (χ3n) is 3.59. The molecule has 0 radical (unpaired) electrons. The summed E-state index contributed by atoms with van der Waals surface area (Å²) in [7, 11) is -2.15. The van der Waals surface area contributed by atoms with Gasteiger partial charge >= 0.3 is 0 Å². The molecule has 0 saturated carbocycles. The van der Waals surface area contributed by atoms with Crippen LogP contribution in [0.1, 0.15) is 0 Å². The van der Waals surface area contributed by atoms with Crippen LogP contribution < -0.4 is 4.31 Å². The van der Waals surface area contributed by atoms with Crippen LogP contribution in [0.3, 0.4) is 0 Å². The van der Waals surface area contributed by atoms with Crippen molar-refractivity contribution >= 4 is 26.5 Å². The Labute approximate surface area is 129 Å². The topological polar surface area (TPSA) is 57.6 Å². The van der Waals surface area contributed by atoms with Crippen molar-refractivity contribution in [3.05, 3.63) is 66.7 Å². The average Bonchev–Trinajstić information content (AvgIpc) is 2.54. The van der Waals surface area contributed by atoms with Crippen LogP contribution >= 0.6 is 0 Å². The number of phenolic OH excluding ortho intramolecular Hbond substituents is 1. The predicted molar refractivity (Wildman–Crippen MR) is 87.6 cm³/mol. The zero-order chi connectivity index (χ0) is 15.7. The molecule has 0 aromatic heterocycles. The quantitative estimate of drug-likeness (QED) is 0.806. The fraction of sp³-hybridized carbons (Fsp3) is 0.0588.